The number of nitrogens with zero attached hydrogens (tertiary/aromatic N) is 1. The number of likely N-dealkylation sites (N-methyl/N-ethyl adjacent to an activating group) is 1. The predicted octanol–water partition coefficient (Wildman–Crippen LogP) is 2.04. The van der Waals surface area contributed by atoms with E-state index in [2.05, 4.69) is 0 Å². The summed E-state index contributed by atoms with van der Waals surface area (Å²) in [6.07, 6.45) is 0. The van der Waals surface area contributed by atoms with Crippen LogP contribution in [0, 0.1) is 6.92 Å². The monoisotopic (exact) mass is 291 g/mol. The second-order valence-electron chi connectivity index (χ2n) is 4.88. The van der Waals surface area contributed by atoms with E-state index in [-0.39, 0.29) is 16.5 Å². The van der Waals surface area contributed by atoms with Crippen molar-refractivity contribution in [2.45, 2.75) is 31.2 Å². The van der Waals surface area contributed by atoms with E-state index in [0.29, 0.717) is 0 Å². The third-order valence-electron chi connectivity index (χ3n) is 2.97. The number of halogens is 1. The molecule has 0 radical (unpaired) electrons. The van der Waals surface area contributed by atoms with Crippen LogP contribution in [-0.2, 0) is 10.0 Å². The van der Waals surface area contributed by atoms with Gasteiger partial charge in [0.2, 0.25) is 10.0 Å². The molecular formula is C12H18ClNO3S. The molecule has 0 saturated carbocycles. The number of benzene rings is 1. The molecule has 0 spiro atoms. The van der Waals surface area contributed by atoms with Crippen molar-refractivity contribution in [1.82, 2.24) is 4.31 Å². The number of aryl methyl sites for hydroxylation is 1. The molecule has 6 heteroatoms. The van der Waals surface area contributed by atoms with Gasteiger partial charge in [0.1, 0.15) is 4.90 Å². The lowest BCUT2D eigenvalue weighted by molar-refractivity contribution is 0.138. The molecule has 1 aromatic rings. The topological polar surface area (TPSA) is 57.6 Å². The van der Waals surface area contributed by atoms with Gasteiger partial charge in [-0.25, -0.2) is 8.42 Å². The van der Waals surface area contributed by atoms with Crippen molar-refractivity contribution in [3.8, 4) is 0 Å². The van der Waals surface area contributed by atoms with Crippen LogP contribution >= 0.6 is 11.6 Å². The van der Waals surface area contributed by atoms with E-state index in [0.717, 1.165) is 9.87 Å². The molecule has 0 aliphatic carbocycles. The highest BCUT2D eigenvalue weighted by Gasteiger charge is 2.34. The average molecular weight is 292 g/mol. The lowest BCUT2D eigenvalue weighted by Gasteiger charge is -2.33. The molecule has 0 atom stereocenters. The minimum absolute atomic E-state index is 0.0544. The van der Waals surface area contributed by atoms with Crippen LogP contribution in [0.5, 0.6) is 0 Å². The highest BCUT2D eigenvalue weighted by Crippen LogP contribution is 2.28. The van der Waals surface area contributed by atoms with Crippen LogP contribution in [0.4, 0.5) is 0 Å². The SMILES string of the molecule is Cc1ccc(S(=O)(=O)N(C)C(C)(C)CO)c(Cl)c1. The summed E-state index contributed by atoms with van der Waals surface area (Å²) >= 11 is 5.98. The van der Waals surface area contributed by atoms with Gasteiger partial charge in [-0.2, -0.15) is 4.31 Å². The average Bonchev–Trinajstić information content (AvgIpc) is 2.27. The van der Waals surface area contributed by atoms with Crippen LogP contribution in [0.1, 0.15) is 19.4 Å². The first-order valence-corrected chi connectivity index (χ1v) is 7.31. The highest BCUT2D eigenvalue weighted by atomic mass is 35.5. The molecule has 0 aromatic heterocycles. The third-order valence-corrected chi connectivity index (χ3v) is 5.52. The standard InChI is InChI=1S/C12H18ClNO3S/c1-9-5-6-11(10(13)7-9)18(16,17)14(4)12(2,3)8-15/h5-7,15H,8H2,1-4H3. The molecule has 0 amide bonds. The molecule has 1 N–H and O–H groups in total. The Kier molecular flexibility index (Phi) is 4.43. The van der Waals surface area contributed by atoms with E-state index in [1.807, 2.05) is 6.92 Å². The van der Waals surface area contributed by atoms with Gasteiger partial charge in [0.25, 0.3) is 0 Å². The number of hydrogen-bond donors (Lipinski definition) is 1. The summed E-state index contributed by atoms with van der Waals surface area (Å²) < 4.78 is 25.9. The summed E-state index contributed by atoms with van der Waals surface area (Å²) in [7, 11) is -2.28. The van der Waals surface area contributed by atoms with Gasteiger partial charge < -0.3 is 5.11 Å². The summed E-state index contributed by atoms with van der Waals surface area (Å²) in [5.41, 5.74) is 0.00979. The normalized spacial score (nSPS) is 13.1. The summed E-state index contributed by atoms with van der Waals surface area (Å²) in [5, 5.41) is 9.44. The van der Waals surface area contributed by atoms with Crippen molar-refractivity contribution in [2.24, 2.45) is 0 Å². The van der Waals surface area contributed by atoms with E-state index >= 15 is 0 Å². The molecule has 1 rings (SSSR count). The molecule has 4 nitrogen and oxygen atoms in total. The minimum Gasteiger partial charge on any atom is -0.394 e. The summed E-state index contributed by atoms with van der Waals surface area (Å²) in [4.78, 5) is 0.0544. The maximum absolute atomic E-state index is 12.4. The van der Waals surface area contributed by atoms with Gasteiger partial charge in [0.05, 0.1) is 17.2 Å². The Morgan fingerprint density at radius 1 is 1.39 bits per heavy atom. The number of sulfonamides is 1. The maximum atomic E-state index is 12.4. The predicted molar refractivity (Wildman–Crippen MR) is 72.3 cm³/mol. The second kappa shape index (κ2) is 5.17. The number of aliphatic hydroxyl groups excluding tert-OH is 1. The molecule has 0 aliphatic rings. The Morgan fingerprint density at radius 3 is 2.39 bits per heavy atom. The zero-order valence-corrected chi connectivity index (χ0v) is 12.5. The molecular weight excluding hydrogens is 274 g/mol. The van der Waals surface area contributed by atoms with Gasteiger partial charge in [0.15, 0.2) is 0 Å². The minimum atomic E-state index is -3.71. The molecule has 0 aliphatic heterocycles. The number of rotatable bonds is 4. The van der Waals surface area contributed by atoms with Crippen LogP contribution in [0.3, 0.4) is 0 Å². The highest BCUT2D eigenvalue weighted by molar-refractivity contribution is 7.89. The quantitative estimate of drug-likeness (QED) is 0.923. The molecule has 0 saturated heterocycles. The van der Waals surface area contributed by atoms with E-state index < -0.39 is 15.6 Å². The lowest BCUT2D eigenvalue weighted by atomic mass is 10.1. The Labute approximate surface area is 113 Å². The molecule has 18 heavy (non-hydrogen) atoms. The Bertz CT molecular complexity index is 540. The van der Waals surface area contributed by atoms with E-state index in [9.17, 15) is 13.5 Å². The molecule has 0 heterocycles. The number of hydrogen-bond acceptors (Lipinski definition) is 3. The fraction of sp³-hybridized carbons (Fsp3) is 0.500. The van der Waals surface area contributed by atoms with Gasteiger partial charge in [-0.05, 0) is 38.5 Å². The van der Waals surface area contributed by atoms with Crippen molar-refractivity contribution in [3.63, 3.8) is 0 Å². The molecule has 1 aromatic carbocycles. The van der Waals surface area contributed by atoms with Crippen molar-refractivity contribution >= 4 is 21.6 Å². The van der Waals surface area contributed by atoms with Gasteiger partial charge in [0, 0.05) is 7.05 Å². The zero-order chi connectivity index (χ0) is 14.1. The van der Waals surface area contributed by atoms with E-state index in [1.54, 1.807) is 26.0 Å². The lowest BCUT2D eigenvalue weighted by Crippen LogP contribution is -2.47. The van der Waals surface area contributed by atoms with Gasteiger partial charge in [-0.3, -0.25) is 0 Å². The summed E-state index contributed by atoms with van der Waals surface area (Å²) in [6, 6.07) is 4.78. The van der Waals surface area contributed by atoms with Gasteiger partial charge in [-0.1, -0.05) is 17.7 Å². The molecule has 0 fully saturated rings. The molecule has 102 valence electrons. The Hall–Kier alpha value is -0.620. The van der Waals surface area contributed by atoms with E-state index in [1.165, 1.54) is 13.1 Å². The first kappa shape index (κ1) is 15.4. The molecule has 0 bridgehead atoms. The van der Waals surface area contributed by atoms with Crippen molar-refractivity contribution < 1.29 is 13.5 Å². The summed E-state index contributed by atoms with van der Waals surface area (Å²) in [6.45, 7) is 4.86. The van der Waals surface area contributed by atoms with Crippen LogP contribution in [0.2, 0.25) is 5.02 Å². The largest absolute Gasteiger partial charge is 0.394 e. The second-order valence-corrected chi connectivity index (χ2v) is 7.22. The van der Waals surface area contributed by atoms with Gasteiger partial charge >= 0.3 is 0 Å². The van der Waals surface area contributed by atoms with Crippen molar-refractivity contribution in [2.75, 3.05) is 13.7 Å². The van der Waals surface area contributed by atoms with Crippen LogP contribution in [-0.4, -0.2) is 37.0 Å². The Balaban J connectivity index is 3.30. The zero-order valence-electron chi connectivity index (χ0n) is 10.9. The van der Waals surface area contributed by atoms with Crippen LogP contribution in [0.15, 0.2) is 23.1 Å². The van der Waals surface area contributed by atoms with Crippen LogP contribution < -0.4 is 0 Å². The van der Waals surface area contributed by atoms with Crippen molar-refractivity contribution in [1.29, 1.82) is 0 Å². The summed E-state index contributed by atoms with van der Waals surface area (Å²) in [5.74, 6) is 0. The first-order valence-electron chi connectivity index (χ1n) is 5.49. The first-order chi connectivity index (χ1) is 8.13. The fourth-order valence-electron chi connectivity index (χ4n) is 1.39. The van der Waals surface area contributed by atoms with E-state index in [4.69, 9.17) is 11.6 Å². The third kappa shape index (κ3) is 2.85. The smallest absolute Gasteiger partial charge is 0.244 e. The van der Waals surface area contributed by atoms with Crippen LogP contribution in [0.25, 0.3) is 0 Å². The van der Waals surface area contributed by atoms with Gasteiger partial charge in [-0.15, -0.1) is 0 Å². The fourth-order valence-corrected chi connectivity index (χ4v) is 3.46. The maximum Gasteiger partial charge on any atom is 0.244 e. The Morgan fingerprint density at radius 2 is 1.94 bits per heavy atom. The van der Waals surface area contributed by atoms with Crippen molar-refractivity contribution in [3.05, 3.63) is 28.8 Å². The molecule has 0 unspecified atom stereocenters. The number of aliphatic hydroxyl groups is 1.